The average Bonchev–Trinajstić information content (AvgIpc) is 2.93. The highest BCUT2D eigenvalue weighted by Crippen LogP contribution is 2.30. The van der Waals surface area contributed by atoms with Crippen LogP contribution in [0.15, 0.2) is 13.8 Å². The maximum atomic E-state index is 12.2. The van der Waals surface area contributed by atoms with Gasteiger partial charge in [0, 0.05) is 12.3 Å². The average molecular weight is 332 g/mol. The Balaban J connectivity index is 2.44. The fourth-order valence-electron chi connectivity index (χ4n) is 1.49. The summed E-state index contributed by atoms with van der Waals surface area (Å²) in [6, 6.07) is 0. The SMILES string of the molecule is Cc1onc([N+](=O)[O-])c1OS(=O)n1c(C(C)(C)C)noc1=O. The third-order valence-corrected chi connectivity index (χ3v) is 3.44. The lowest BCUT2D eigenvalue weighted by Gasteiger charge is -2.15. The zero-order valence-electron chi connectivity index (χ0n) is 12.1. The molecule has 11 nitrogen and oxygen atoms in total. The van der Waals surface area contributed by atoms with Crippen LogP contribution < -0.4 is 9.94 Å². The molecule has 120 valence electrons. The van der Waals surface area contributed by atoms with E-state index in [1.807, 2.05) is 0 Å². The summed E-state index contributed by atoms with van der Waals surface area (Å²) in [5.41, 5.74) is -0.666. The fraction of sp³-hybridized carbons (Fsp3) is 0.500. The topological polar surface area (TPSA) is 144 Å². The third kappa shape index (κ3) is 2.77. The third-order valence-electron chi connectivity index (χ3n) is 2.51. The smallest absolute Gasteiger partial charge is 0.371 e. The summed E-state index contributed by atoms with van der Waals surface area (Å²) >= 11 is -2.44. The highest BCUT2D eigenvalue weighted by molar-refractivity contribution is 7.79. The Kier molecular flexibility index (Phi) is 3.87. The summed E-state index contributed by atoms with van der Waals surface area (Å²) in [4.78, 5) is 21.6. The second-order valence-electron chi connectivity index (χ2n) is 5.27. The summed E-state index contributed by atoms with van der Waals surface area (Å²) in [5, 5.41) is 17.5. The van der Waals surface area contributed by atoms with Crippen LogP contribution in [0.5, 0.6) is 5.75 Å². The van der Waals surface area contributed by atoms with Gasteiger partial charge in [-0.05, 0) is 4.92 Å². The van der Waals surface area contributed by atoms with E-state index in [1.54, 1.807) is 20.8 Å². The van der Waals surface area contributed by atoms with Gasteiger partial charge in [0.15, 0.2) is 11.0 Å². The van der Waals surface area contributed by atoms with Crippen LogP contribution in [0.4, 0.5) is 5.82 Å². The van der Waals surface area contributed by atoms with Crippen LogP contribution in [0.1, 0.15) is 32.4 Å². The summed E-state index contributed by atoms with van der Waals surface area (Å²) < 4.78 is 27.0. The van der Waals surface area contributed by atoms with E-state index in [2.05, 4.69) is 19.4 Å². The molecule has 0 amide bonds. The highest BCUT2D eigenvalue weighted by Gasteiger charge is 2.32. The Morgan fingerprint density at radius 2 is 1.95 bits per heavy atom. The van der Waals surface area contributed by atoms with Gasteiger partial charge in [-0.25, -0.2) is 4.79 Å². The van der Waals surface area contributed by atoms with Crippen molar-refractivity contribution in [3.63, 3.8) is 0 Å². The van der Waals surface area contributed by atoms with E-state index in [-0.39, 0.29) is 11.6 Å². The molecule has 22 heavy (non-hydrogen) atoms. The first-order valence-corrected chi connectivity index (χ1v) is 6.96. The second-order valence-corrected chi connectivity index (χ2v) is 6.23. The standard InChI is InChI=1S/C10H12N4O7S/c1-5-6(7(11-19-5)14(16)17)21-22(18)13-8(10(2,3)4)12-20-9(13)15/h1-4H3. The zero-order chi connectivity index (χ0) is 16.7. The molecule has 0 N–H and O–H groups in total. The van der Waals surface area contributed by atoms with Crippen molar-refractivity contribution in [3.8, 4) is 5.75 Å². The van der Waals surface area contributed by atoms with Crippen LogP contribution in [0.25, 0.3) is 0 Å². The molecule has 0 radical (unpaired) electrons. The largest absolute Gasteiger partial charge is 0.457 e. The normalized spacial score (nSPS) is 13.1. The fourth-order valence-corrected chi connectivity index (χ4v) is 2.50. The van der Waals surface area contributed by atoms with Gasteiger partial charge in [-0.15, -0.1) is 3.97 Å². The van der Waals surface area contributed by atoms with E-state index >= 15 is 0 Å². The summed E-state index contributed by atoms with van der Waals surface area (Å²) in [5.74, 6) is -2.18. The minimum atomic E-state index is -2.44. The van der Waals surface area contributed by atoms with Crippen molar-refractivity contribution >= 4 is 17.1 Å². The summed E-state index contributed by atoms with van der Waals surface area (Å²) in [6.07, 6.45) is 0. The Hall–Kier alpha value is -2.50. The van der Waals surface area contributed by atoms with Gasteiger partial charge in [-0.1, -0.05) is 25.9 Å². The van der Waals surface area contributed by atoms with Crippen LogP contribution in [0.2, 0.25) is 0 Å². The zero-order valence-corrected chi connectivity index (χ0v) is 12.9. The van der Waals surface area contributed by atoms with E-state index in [0.717, 1.165) is 0 Å². The van der Waals surface area contributed by atoms with Gasteiger partial charge in [0.2, 0.25) is 5.76 Å². The van der Waals surface area contributed by atoms with E-state index in [0.29, 0.717) is 3.97 Å². The molecule has 2 aromatic heterocycles. The minimum Gasteiger partial charge on any atom is -0.371 e. The van der Waals surface area contributed by atoms with Crippen molar-refractivity contribution in [3.05, 3.63) is 32.2 Å². The number of rotatable bonds is 4. The molecule has 1 unspecified atom stereocenters. The molecule has 0 aliphatic heterocycles. The van der Waals surface area contributed by atoms with E-state index < -0.39 is 38.9 Å². The molecular formula is C10H12N4O7S. The van der Waals surface area contributed by atoms with Gasteiger partial charge >= 0.3 is 22.8 Å². The molecule has 0 bridgehead atoms. The maximum absolute atomic E-state index is 12.2. The molecule has 12 heteroatoms. The van der Waals surface area contributed by atoms with E-state index in [4.69, 9.17) is 4.18 Å². The van der Waals surface area contributed by atoms with Gasteiger partial charge in [0.1, 0.15) is 0 Å². The number of aryl methyl sites for hydroxylation is 1. The lowest BCUT2D eigenvalue weighted by atomic mass is 9.96. The first kappa shape index (κ1) is 15.9. The lowest BCUT2D eigenvalue weighted by Crippen LogP contribution is -2.29. The molecule has 1 atom stereocenters. The van der Waals surface area contributed by atoms with Gasteiger partial charge < -0.3 is 14.3 Å². The number of hydrogen-bond donors (Lipinski definition) is 0. The van der Waals surface area contributed by atoms with Gasteiger partial charge in [-0.2, -0.15) is 4.21 Å². The number of aromatic nitrogens is 3. The summed E-state index contributed by atoms with van der Waals surface area (Å²) in [6.45, 7) is 6.48. The van der Waals surface area contributed by atoms with Crippen molar-refractivity contribution in [2.45, 2.75) is 33.1 Å². The first-order chi connectivity index (χ1) is 10.1. The molecular weight excluding hydrogens is 320 g/mol. The highest BCUT2D eigenvalue weighted by atomic mass is 32.2. The molecule has 2 aromatic rings. The Bertz CT molecular complexity index is 797. The van der Waals surface area contributed by atoms with E-state index in [9.17, 15) is 19.1 Å². The summed E-state index contributed by atoms with van der Waals surface area (Å²) in [7, 11) is 0. The van der Waals surface area contributed by atoms with Crippen molar-refractivity contribution in [2.24, 2.45) is 0 Å². The quantitative estimate of drug-likeness (QED) is 0.587. The Morgan fingerprint density at radius 3 is 2.50 bits per heavy atom. The second kappa shape index (κ2) is 5.36. The first-order valence-electron chi connectivity index (χ1n) is 5.93. The molecule has 0 saturated carbocycles. The molecule has 0 saturated heterocycles. The van der Waals surface area contributed by atoms with Crippen molar-refractivity contribution in [1.82, 2.24) is 14.3 Å². The van der Waals surface area contributed by atoms with Gasteiger partial charge in [0.05, 0.1) is 0 Å². The molecule has 2 rings (SSSR count). The molecule has 2 heterocycles. The molecule has 0 aromatic carbocycles. The van der Waals surface area contributed by atoms with Crippen molar-refractivity contribution in [2.75, 3.05) is 0 Å². The lowest BCUT2D eigenvalue weighted by molar-refractivity contribution is -0.391. The molecule has 0 fully saturated rings. The molecule has 0 spiro atoms. The van der Waals surface area contributed by atoms with Crippen LogP contribution in [-0.2, 0) is 16.7 Å². The molecule has 0 aliphatic rings. The maximum Gasteiger partial charge on any atom is 0.457 e. The van der Waals surface area contributed by atoms with Crippen LogP contribution in [-0.4, -0.2) is 23.4 Å². The van der Waals surface area contributed by atoms with Crippen molar-refractivity contribution < 1.29 is 22.4 Å². The van der Waals surface area contributed by atoms with Gasteiger partial charge in [-0.3, -0.25) is 9.05 Å². The monoisotopic (exact) mass is 332 g/mol. The van der Waals surface area contributed by atoms with Crippen molar-refractivity contribution in [1.29, 1.82) is 0 Å². The number of nitro groups is 1. The predicted molar refractivity (Wildman–Crippen MR) is 71.5 cm³/mol. The number of hydrogen-bond acceptors (Lipinski definition) is 9. The van der Waals surface area contributed by atoms with Gasteiger partial charge in [0.25, 0.3) is 5.75 Å². The Morgan fingerprint density at radius 1 is 1.32 bits per heavy atom. The van der Waals surface area contributed by atoms with Crippen LogP contribution >= 0.6 is 0 Å². The minimum absolute atomic E-state index is 0.0538. The molecule has 0 aliphatic carbocycles. The van der Waals surface area contributed by atoms with Crippen LogP contribution in [0, 0.1) is 17.0 Å². The van der Waals surface area contributed by atoms with E-state index in [1.165, 1.54) is 6.92 Å². The number of nitrogens with zero attached hydrogens (tertiary/aromatic N) is 4. The van der Waals surface area contributed by atoms with Crippen LogP contribution in [0.3, 0.4) is 0 Å². The Labute approximate surface area is 125 Å². The predicted octanol–water partition coefficient (Wildman–Crippen LogP) is 0.844.